The average Bonchev–Trinajstić information content (AvgIpc) is 3.35. The van der Waals surface area contributed by atoms with E-state index in [1.807, 2.05) is 12.1 Å². The van der Waals surface area contributed by atoms with Gasteiger partial charge in [-0.15, -0.1) is 0 Å². The molecule has 2 heterocycles. The van der Waals surface area contributed by atoms with Gasteiger partial charge in [-0.25, -0.2) is 4.98 Å². The van der Waals surface area contributed by atoms with E-state index in [-0.39, 0.29) is 5.56 Å². The van der Waals surface area contributed by atoms with Crippen LogP contribution in [0.1, 0.15) is 41.4 Å². The number of hydrogen-bond acceptors (Lipinski definition) is 3. The Morgan fingerprint density at radius 1 is 1.30 bits per heavy atom. The first-order valence-corrected chi connectivity index (χ1v) is 8.64. The summed E-state index contributed by atoms with van der Waals surface area (Å²) in [5.74, 6) is 1.31. The predicted octanol–water partition coefficient (Wildman–Crippen LogP) is 3.51. The van der Waals surface area contributed by atoms with E-state index in [0.29, 0.717) is 24.0 Å². The van der Waals surface area contributed by atoms with Gasteiger partial charge >= 0.3 is 0 Å². The second-order valence-electron chi connectivity index (χ2n) is 6.35. The summed E-state index contributed by atoms with van der Waals surface area (Å²) in [7, 11) is 0. The maximum atomic E-state index is 12.2. The molecule has 1 saturated carbocycles. The fraction of sp³-hybridized carbons (Fsp3) is 0.412. The van der Waals surface area contributed by atoms with Crippen LogP contribution in [0.3, 0.4) is 0 Å². The van der Waals surface area contributed by atoms with Gasteiger partial charge in [0.05, 0.1) is 5.69 Å². The van der Waals surface area contributed by atoms with E-state index in [9.17, 15) is 4.79 Å². The van der Waals surface area contributed by atoms with Crippen molar-refractivity contribution in [2.75, 3.05) is 6.54 Å². The first-order valence-electron chi connectivity index (χ1n) is 7.88. The van der Waals surface area contributed by atoms with Crippen LogP contribution >= 0.6 is 23.2 Å². The minimum atomic E-state index is 0.0392. The smallest absolute Gasteiger partial charge is 0.254 e. The van der Waals surface area contributed by atoms with Crippen molar-refractivity contribution in [2.24, 2.45) is 0 Å². The zero-order valence-electron chi connectivity index (χ0n) is 12.6. The molecule has 1 fully saturated rings. The zero-order valence-corrected chi connectivity index (χ0v) is 14.1. The van der Waals surface area contributed by atoms with Crippen LogP contribution in [-0.2, 0) is 19.5 Å². The minimum absolute atomic E-state index is 0.0392. The number of halogens is 2. The van der Waals surface area contributed by atoms with Gasteiger partial charge in [-0.3, -0.25) is 9.69 Å². The second kappa shape index (κ2) is 5.93. The van der Waals surface area contributed by atoms with Crippen LogP contribution in [0.2, 0.25) is 10.0 Å². The zero-order chi connectivity index (χ0) is 16.0. The Balaban J connectivity index is 1.58. The van der Waals surface area contributed by atoms with Gasteiger partial charge in [0.1, 0.15) is 5.82 Å². The number of benzene rings is 1. The van der Waals surface area contributed by atoms with Crippen molar-refractivity contribution in [3.05, 3.63) is 61.2 Å². The van der Waals surface area contributed by atoms with Gasteiger partial charge in [0.25, 0.3) is 5.56 Å². The molecule has 23 heavy (non-hydrogen) atoms. The Morgan fingerprint density at radius 3 is 2.91 bits per heavy atom. The molecule has 6 heteroatoms. The number of rotatable bonds is 3. The van der Waals surface area contributed by atoms with Crippen LogP contribution in [0.15, 0.2) is 23.0 Å². The van der Waals surface area contributed by atoms with Crippen molar-refractivity contribution >= 4 is 23.2 Å². The summed E-state index contributed by atoms with van der Waals surface area (Å²) in [6.45, 7) is 2.22. The highest BCUT2D eigenvalue weighted by molar-refractivity contribution is 6.33. The van der Waals surface area contributed by atoms with E-state index in [4.69, 9.17) is 28.2 Å². The molecule has 1 aliphatic carbocycles. The van der Waals surface area contributed by atoms with Gasteiger partial charge in [-0.05, 0) is 43.0 Å². The molecule has 0 unspecified atom stereocenters. The lowest BCUT2D eigenvalue weighted by Crippen LogP contribution is -2.35. The van der Waals surface area contributed by atoms with Gasteiger partial charge in [0.2, 0.25) is 0 Å². The van der Waals surface area contributed by atoms with Gasteiger partial charge in [0.15, 0.2) is 0 Å². The van der Waals surface area contributed by atoms with Crippen LogP contribution in [0.4, 0.5) is 0 Å². The third kappa shape index (κ3) is 3.16. The Bertz CT molecular complexity index is 814. The summed E-state index contributed by atoms with van der Waals surface area (Å²) in [6.07, 6.45) is 2.98. The highest BCUT2D eigenvalue weighted by Crippen LogP contribution is 2.38. The van der Waals surface area contributed by atoms with Gasteiger partial charge < -0.3 is 4.98 Å². The fourth-order valence-corrected chi connectivity index (χ4v) is 3.48. The summed E-state index contributed by atoms with van der Waals surface area (Å²) in [4.78, 5) is 22.2. The molecular formula is C17H17Cl2N3O. The first kappa shape index (κ1) is 15.2. The Kier molecular flexibility index (Phi) is 3.92. The molecule has 4 rings (SSSR count). The van der Waals surface area contributed by atoms with E-state index < -0.39 is 0 Å². The molecule has 120 valence electrons. The molecule has 0 spiro atoms. The molecule has 0 radical (unpaired) electrons. The minimum Gasteiger partial charge on any atom is -0.310 e. The molecule has 0 atom stereocenters. The predicted molar refractivity (Wildman–Crippen MR) is 91.1 cm³/mol. The van der Waals surface area contributed by atoms with Crippen LogP contribution in [0.5, 0.6) is 0 Å². The lowest BCUT2D eigenvalue weighted by molar-refractivity contribution is 0.240. The standard InChI is InChI=1S/C17H17Cl2N3O/c18-12-3-4-14(19)11(7-12)8-22-6-5-13-15(9-22)20-16(10-1-2-10)21-17(13)23/h3-4,7,10H,1-2,5-6,8-9H2,(H,20,21,23). The normalized spacial score (nSPS) is 18.0. The maximum Gasteiger partial charge on any atom is 0.254 e. The van der Waals surface area contributed by atoms with Gasteiger partial charge in [0, 0.05) is 41.2 Å². The Morgan fingerprint density at radius 2 is 2.13 bits per heavy atom. The number of aromatic amines is 1. The number of aromatic nitrogens is 2. The molecule has 0 bridgehead atoms. The second-order valence-corrected chi connectivity index (χ2v) is 7.19. The van der Waals surface area contributed by atoms with Crippen molar-refractivity contribution in [1.82, 2.24) is 14.9 Å². The molecule has 0 amide bonds. The van der Waals surface area contributed by atoms with Crippen LogP contribution in [0, 0.1) is 0 Å². The number of nitrogens with zero attached hydrogens (tertiary/aromatic N) is 2. The maximum absolute atomic E-state index is 12.2. The van der Waals surface area contributed by atoms with Crippen molar-refractivity contribution in [3.8, 4) is 0 Å². The molecule has 4 nitrogen and oxygen atoms in total. The van der Waals surface area contributed by atoms with Crippen molar-refractivity contribution in [1.29, 1.82) is 0 Å². The molecule has 1 aromatic carbocycles. The van der Waals surface area contributed by atoms with Gasteiger partial charge in [-0.1, -0.05) is 23.2 Å². The third-order valence-corrected chi connectivity index (χ3v) is 5.14. The molecule has 2 aliphatic rings. The quantitative estimate of drug-likeness (QED) is 0.922. The van der Waals surface area contributed by atoms with E-state index in [2.05, 4.69) is 9.88 Å². The summed E-state index contributed by atoms with van der Waals surface area (Å²) in [5, 5.41) is 1.41. The van der Waals surface area contributed by atoms with E-state index in [1.165, 1.54) is 0 Å². The largest absolute Gasteiger partial charge is 0.310 e. The number of H-pyrrole nitrogens is 1. The molecular weight excluding hydrogens is 333 g/mol. The lowest BCUT2D eigenvalue weighted by atomic mass is 10.1. The molecule has 0 saturated heterocycles. The fourth-order valence-electron chi connectivity index (χ4n) is 3.10. The van der Waals surface area contributed by atoms with Crippen molar-refractivity contribution in [2.45, 2.75) is 38.3 Å². The molecule has 1 aromatic heterocycles. The number of nitrogens with one attached hydrogen (secondary N) is 1. The van der Waals surface area contributed by atoms with Crippen LogP contribution in [0.25, 0.3) is 0 Å². The average molecular weight is 350 g/mol. The van der Waals surface area contributed by atoms with Crippen LogP contribution in [-0.4, -0.2) is 21.4 Å². The molecule has 1 N–H and O–H groups in total. The van der Waals surface area contributed by atoms with E-state index in [1.54, 1.807) is 6.07 Å². The molecule has 2 aromatic rings. The summed E-state index contributed by atoms with van der Waals surface area (Å²) in [5.41, 5.74) is 2.80. The highest BCUT2D eigenvalue weighted by atomic mass is 35.5. The SMILES string of the molecule is O=c1[nH]c(C2CC2)nc2c1CCN(Cc1cc(Cl)ccc1Cl)C2. The van der Waals surface area contributed by atoms with Gasteiger partial charge in [-0.2, -0.15) is 0 Å². The summed E-state index contributed by atoms with van der Waals surface area (Å²) < 4.78 is 0. The first-order chi connectivity index (χ1) is 11.1. The lowest BCUT2D eigenvalue weighted by Gasteiger charge is -2.28. The summed E-state index contributed by atoms with van der Waals surface area (Å²) >= 11 is 12.3. The van der Waals surface area contributed by atoms with Crippen molar-refractivity contribution < 1.29 is 0 Å². The number of hydrogen-bond donors (Lipinski definition) is 1. The van der Waals surface area contributed by atoms with Crippen LogP contribution < -0.4 is 5.56 Å². The topological polar surface area (TPSA) is 49.0 Å². The highest BCUT2D eigenvalue weighted by Gasteiger charge is 2.29. The molecule has 1 aliphatic heterocycles. The summed E-state index contributed by atoms with van der Waals surface area (Å²) in [6, 6.07) is 5.52. The Hall–Kier alpha value is -1.36. The third-order valence-electron chi connectivity index (χ3n) is 4.54. The van der Waals surface area contributed by atoms with Crippen molar-refractivity contribution in [3.63, 3.8) is 0 Å². The van der Waals surface area contributed by atoms with E-state index in [0.717, 1.165) is 53.5 Å². The Labute approximate surface area is 144 Å². The number of fused-ring (bicyclic) bond motifs is 1. The van der Waals surface area contributed by atoms with E-state index >= 15 is 0 Å². The monoisotopic (exact) mass is 349 g/mol.